The second-order valence-electron chi connectivity index (χ2n) is 18.5. The second kappa shape index (κ2) is 26.5. The van der Waals surface area contributed by atoms with E-state index in [1.165, 1.54) is 28.4 Å². The van der Waals surface area contributed by atoms with Crippen LogP contribution in [0.2, 0.25) is 0 Å². The minimum Gasteiger partial charge on any atom is -0.464 e. The third-order valence-electron chi connectivity index (χ3n) is 13.0. The molecular weight excluding hydrogens is 997 g/mol. The van der Waals surface area contributed by atoms with Gasteiger partial charge in [0.2, 0.25) is 5.91 Å². The average molecular weight is 1070 g/mol. The number of urea groups is 1. The number of aromatic nitrogens is 3. The van der Waals surface area contributed by atoms with Crippen LogP contribution in [0.15, 0.2) is 41.9 Å². The molecule has 3 aliphatic rings. The number of aliphatic hydroxyl groups excluding tert-OH is 1. The van der Waals surface area contributed by atoms with Gasteiger partial charge in [0.1, 0.15) is 18.1 Å². The van der Waals surface area contributed by atoms with Crippen molar-refractivity contribution in [2.75, 3.05) is 54.1 Å². The Morgan fingerprint density at radius 1 is 1.07 bits per heavy atom. The van der Waals surface area contributed by atoms with Gasteiger partial charge in [-0.15, -0.1) is 11.3 Å². The van der Waals surface area contributed by atoms with Crippen LogP contribution in [0.1, 0.15) is 76.8 Å². The number of cyclic esters (lactones) is 1. The van der Waals surface area contributed by atoms with Gasteiger partial charge in [0.05, 0.1) is 47.5 Å². The number of esters is 1. The van der Waals surface area contributed by atoms with Gasteiger partial charge in [0, 0.05) is 98.8 Å². The Balaban J connectivity index is 0.00000327. The number of benzene rings is 1. The number of thiazole rings is 1. The van der Waals surface area contributed by atoms with Gasteiger partial charge in [-0.2, -0.15) is 67.5 Å². The summed E-state index contributed by atoms with van der Waals surface area (Å²) in [6.45, 7) is 13.8. The highest BCUT2D eigenvalue weighted by atomic mass is 32.1. The minimum atomic E-state index is -1.07. The topological polar surface area (TPSA) is 181 Å². The lowest BCUT2D eigenvalue weighted by Gasteiger charge is -2.45. The highest BCUT2D eigenvalue weighted by Gasteiger charge is 2.42. The van der Waals surface area contributed by atoms with Gasteiger partial charge in [-0.25, -0.2) is 15.2 Å². The quantitative estimate of drug-likeness (QED) is 0.155. The fourth-order valence-corrected chi connectivity index (χ4v) is 10.3. The van der Waals surface area contributed by atoms with E-state index >= 15 is 0 Å². The van der Waals surface area contributed by atoms with Crippen molar-refractivity contribution in [3.05, 3.63) is 58.2 Å². The number of rotatable bonds is 11. The van der Waals surface area contributed by atoms with Crippen molar-refractivity contribution in [2.24, 2.45) is 17.3 Å². The number of nitrogens with zero attached hydrogens (tertiary/aromatic N) is 6. The Kier molecular flexibility index (Phi) is 23.8. The molecule has 3 aromatic heterocycles. The van der Waals surface area contributed by atoms with Crippen molar-refractivity contribution in [2.45, 2.75) is 104 Å². The molecule has 69 heavy (non-hydrogen) atoms. The lowest BCUT2D eigenvalue weighted by molar-refractivity contribution is -0.155. The Morgan fingerprint density at radius 2 is 1.78 bits per heavy atom. The predicted molar refractivity (Wildman–Crippen MR) is 296 cm³/mol. The summed E-state index contributed by atoms with van der Waals surface area (Å²) in [7, 11) is 4.81. The number of aryl methyl sites for hydroxylation is 1. The molecule has 386 valence electrons. The summed E-state index contributed by atoms with van der Waals surface area (Å²) in [4.78, 5) is 69.4. The largest absolute Gasteiger partial charge is 0.464 e. The van der Waals surface area contributed by atoms with Crippen LogP contribution in [0, 0.1) is 17.3 Å². The van der Waals surface area contributed by atoms with Crippen LogP contribution in [-0.4, -0.2) is 137 Å². The molecule has 22 heteroatoms. The summed E-state index contributed by atoms with van der Waals surface area (Å²) in [5, 5.41) is 17.8. The number of hydrogen-bond acceptors (Lipinski definition) is 12. The zero-order chi connectivity index (χ0) is 46.0. The summed E-state index contributed by atoms with van der Waals surface area (Å²) in [6, 6.07) is 7.32. The highest BCUT2D eigenvalue weighted by molar-refractivity contribution is 7.60. The van der Waals surface area contributed by atoms with Crippen LogP contribution in [0.5, 0.6) is 0 Å². The number of likely N-dealkylation sites (tertiary alicyclic amines) is 1. The van der Waals surface area contributed by atoms with Crippen molar-refractivity contribution >= 4 is 114 Å². The first-order valence-electron chi connectivity index (χ1n) is 22.4. The number of ether oxygens (including phenoxy) is 3. The van der Waals surface area contributed by atoms with Crippen LogP contribution >= 0.6 is 78.8 Å². The molecule has 2 saturated heterocycles. The van der Waals surface area contributed by atoms with Crippen LogP contribution in [0.3, 0.4) is 0 Å². The van der Waals surface area contributed by atoms with E-state index in [4.69, 9.17) is 24.2 Å². The van der Waals surface area contributed by atoms with E-state index in [1.807, 2.05) is 32.2 Å². The SMILES string of the molecule is CCn1c(-c2cccnc2[C@H](C)OC)c2c3cc(ccc31)-c1csc(n1)C[C@H](NC(=O)[C@H](C(C)C)N(C)C(=O)N1CC([C@@H](CO)OC)C1)C(=O)N1CCC[C@H](N1)C(=O)OCC(C)(C)C2.S.S.S.S.S. The molecule has 6 bridgehead atoms. The Labute approximate surface area is 445 Å². The number of carbonyl (C=O) groups is 4. The van der Waals surface area contributed by atoms with Gasteiger partial charge in [0.25, 0.3) is 5.91 Å². The van der Waals surface area contributed by atoms with E-state index in [0.717, 1.165) is 44.7 Å². The first-order valence-corrected chi connectivity index (χ1v) is 23.2. The molecule has 3 aliphatic heterocycles. The van der Waals surface area contributed by atoms with E-state index in [9.17, 15) is 24.3 Å². The molecule has 0 spiro atoms. The number of hydrazine groups is 1. The fourth-order valence-electron chi connectivity index (χ4n) is 9.41. The number of likely N-dealkylation sites (N-methyl/N-ethyl adjacent to an activating group) is 1. The second-order valence-corrected chi connectivity index (χ2v) is 19.4. The maximum absolute atomic E-state index is 14.6. The molecule has 0 unspecified atom stereocenters. The Morgan fingerprint density at radius 3 is 2.42 bits per heavy atom. The van der Waals surface area contributed by atoms with Gasteiger partial charge < -0.3 is 39.0 Å². The number of fused-ring (bicyclic) bond motifs is 6. The maximum atomic E-state index is 14.6. The molecule has 3 N–H and O–H groups in total. The predicted octanol–water partition coefficient (Wildman–Crippen LogP) is 5.78. The van der Waals surface area contributed by atoms with Crippen LogP contribution in [0.25, 0.3) is 33.4 Å². The monoisotopic (exact) mass is 1070 g/mol. The zero-order valence-corrected chi connectivity index (χ0v) is 46.9. The molecule has 2 fully saturated rings. The van der Waals surface area contributed by atoms with Crippen LogP contribution < -0.4 is 10.7 Å². The molecule has 0 saturated carbocycles. The number of amides is 4. The number of aliphatic hydroxyl groups is 1. The van der Waals surface area contributed by atoms with Crippen LogP contribution in [0.4, 0.5) is 4.79 Å². The molecule has 0 radical (unpaired) electrons. The lowest BCUT2D eigenvalue weighted by atomic mass is 9.84. The van der Waals surface area contributed by atoms with Crippen molar-refractivity contribution < 1.29 is 38.5 Å². The normalized spacial score (nSPS) is 19.4. The number of pyridine rings is 1. The smallest absolute Gasteiger partial charge is 0.324 e. The molecule has 4 amide bonds. The average Bonchev–Trinajstić information content (AvgIpc) is 3.86. The summed E-state index contributed by atoms with van der Waals surface area (Å²) < 4.78 is 19.6. The first kappa shape index (κ1) is 61.9. The molecule has 4 aromatic rings. The number of carbonyl (C=O) groups excluding carboxylic acids is 4. The molecule has 5 atom stereocenters. The van der Waals surface area contributed by atoms with E-state index in [1.54, 1.807) is 25.3 Å². The molecule has 0 aliphatic carbocycles. The van der Waals surface area contributed by atoms with E-state index in [-0.39, 0.29) is 117 Å². The van der Waals surface area contributed by atoms with Gasteiger partial charge in [-0.05, 0) is 68.9 Å². The molecule has 1 aromatic carbocycles. The molecule has 16 nitrogen and oxygen atoms in total. The zero-order valence-electron chi connectivity index (χ0n) is 41.1. The van der Waals surface area contributed by atoms with Gasteiger partial charge in [-0.3, -0.25) is 24.4 Å². The highest BCUT2D eigenvalue weighted by Crippen LogP contribution is 2.42. The summed E-state index contributed by atoms with van der Waals surface area (Å²) in [6.07, 6.45) is 2.83. The molecular formula is C47H74N8O8S6. The van der Waals surface area contributed by atoms with E-state index in [0.29, 0.717) is 50.4 Å². The number of methoxy groups -OCH3 is 2. The van der Waals surface area contributed by atoms with Gasteiger partial charge >= 0.3 is 12.0 Å². The van der Waals surface area contributed by atoms with Gasteiger partial charge in [0.15, 0.2) is 0 Å². The minimum absolute atomic E-state index is 0. The van der Waals surface area contributed by atoms with Crippen molar-refractivity contribution in [1.29, 1.82) is 0 Å². The standard InChI is InChI=1S/C47H64N8O8S.5H2S/c1-10-54-37-16-15-29-19-32(37)33(42(54)31-13-11-17-48-40(31)28(4)61-8)21-47(5,6)26-63-45(59)34-14-12-18-55(51-34)44(58)35(20-39-49-36(29)25-64-39)50-43(57)41(27(2)3)52(7)46(60)53-22-30(23-53)38(24-56)62-9;;;;;/h11,13,15-17,19,25,27-28,30,34-35,38,41,51,56H,10,12,14,18,20-24,26H2,1-9H3,(H,50,57);5*1H2/t28-,34-,35-,38+,41-;;;;;/m0...../s1. The number of nitrogens with one attached hydrogen (secondary N) is 2. The summed E-state index contributed by atoms with van der Waals surface area (Å²) >= 11 is 1.41. The third kappa shape index (κ3) is 13.3. The van der Waals surface area contributed by atoms with E-state index in [2.05, 4.69) is 60.3 Å². The summed E-state index contributed by atoms with van der Waals surface area (Å²) in [5.74, 6) is -1.67. The third-order valence-corrected chi connectivity index (χ3v) is 13.8. The van der Waals surface area contributed by atoms with Crippen molar-refractivity contribution in [3.8, 4) is 22.5 Å². The van der Waals surface area contributed by atoms with E-state index < -0.39 is 41.3 Å². The Hall–Kier alpha value is -3.19. The van der Waals surface area contributed by atoms with Crippen molar-refractivity contribution in [3.63, 3.8) is 0 Å². The first-order chi connectivity index (χ1) is 30.6. The van der Waals surface area contributed by atoms with Crippen LogP contribution in [-0.2, 0) is 48.0 Å². The maximum Gasteiger partial charge on any atom is 0.324 e. The molecule has 6 heterocycles. The molecule has 7 rings (SSSR count). The lowest BCUT2D eigenvalue weighted by Crippen LogP contribution is -2.64. The summed E-state index contributed by atoms with van der Waals surface area (Å²) in [5.41, 5.74) is 9.27. The fraction of sp³-hybridized carbons (Fsp3) is 0.574. The van der Waals surface area contributed by atoms with Gasteiger partial charge in [-0.1, -0.05) is 33.8 Å². The van der Waals surface area contributed by atoms with Crippen molar-refractivity contribution in [1.82, 2.24) is 40.1 Å². The Bertz CT molecular complexity index is 2360. The number of hydrogen-bond donors (Lipinski definition) is 3.